The van der Waals surface area contributed by atoms with E-state index < -0.39 is 0 Å². The summed E-state index contributed by atoms with van der Waals surface area (Å²) in [5.74, 6) is 0.568. The molecule has 0 saturated heterocycles. The van der Waals surface area contributed by atoms with Gasteiger partial charge in [-0.15, -0.1) is 0 Å². The van der Waals surface area contributed by atoms with Gasteiger partial charge in [-0.3, -0.25) is 0 Å². The maximum absolute atomic E-state index is 5.51. The van der Waals surface area contributed by atoms with Crippen LogP contribution in [-0.4, -0.2) is 16.1 Å². The van der Waals surface area contributed by atoms with Crippen LogP contribution < -0.4 is 5.73 Å². The molecule has 1 heterocycles. The van der Waals surface area contributed by atoms with E-state index in [-0.39, 0.29) is 0 Å². The highest BCUT2D eigenvalue weighted by Gasteiger charge is 2.03. The first-order valence-corrected chi connectivity index (χ1v) is 6.03. The third-order valence-corrected chi connectivity index (χ3v) is 2.89. The lowest BCUT2D eigenvalue weighted by Gasteiger charge is -2.05. The number of nitrogens with zero attached hydrogens (tertiary/aromatic N) is 2. The van der Waals surface area contributed by atoms with Gasteiger partial charge in [0.2, 0.25) is 0 Å². The number of hydrogen-bond acceptors (Lipinski definition) is 2. The zero-order chi connectivity index (χ0) is 12.3. The van der Waals surface area contributed by atoms with Crippen LogP contribution in [0.15, 0.2) is 36.8 Å². The molecular formula is C14H19N3. The monoisotopic (exact) mass is 229 g/mol. The van der Waals surface area contributed by atoms with E-state index in [0.29, 0.717) is 12.5 Å². The number of aromatic nitrogens is 2. The second-order valence-corrected chi connectivity index (χ2v) is 4.56. The maximum Gasteiger partial charge on any atom is 0.0954 e. The van der Waals surface area contributed by atoms with Crippen molar-refractivity contribution in [1.29, 1.82) is 0 Å². The van der Waals surface area contributed by atoms with Crippen LogP contribution in [0.1, 0.15) is 25.3 Å². The maximum atomic E-state index is 5.51. The molecule has 90 valence electrons. The normalized spacial score (nSPS) is 11.1. The SMILES string of the molecule is CC(C)c1ccc(-c2cn(CCN)cn2)cc1. The quantitative estimate of drug-likeness (QED) is 0.875. The standard InChI is InChI=1S/C14H19N3/c1-11(2)12-3-5-13(6-4-12)14-9-17(8-7-15)10-16-14/h3-6,9-11H,7-8,15H2,1-2H3. The number of nitrogens with two attached hydrogens (primary N) is 1. The van der Waals surface area contributed by atoms with Crippen LogP contribution in [0.2, 0.25) is 0 Å². The highest BCUT2D eigenvalue weighted by molar-refractivity contribution is 5.58. The molecule has 0 unspecified atom stereocenters. The summed E-state index contributed by atoms with van der Waals surface area (Å²) in [5.41, 5.74) is 9.04. The Morgan fingerprint density at radius 1 is 1.24 bits per heavy atom. The molecule has 0 bridgehead atoms. The van der Waals surface area contributed by atoms with E-state index in [4.69, 9.17) is 5.73 Å². The van der Waals surface area contributed by atoms with Gasteiger partial charge in [-0.1, -0.05) is 38.1 Å². The molecule has 0 fully saturated rings. The minimum absolute atomic E-state index is 0.568. The Balaban J connectivity index is 2.21. The van der Waals surface area contributed by atoms with E-state index in [2.05, 4.69) is 43.1 Å². The van der Waals surface area contributed by atoms with E-state index in [1.165, 1.54) is 5.56 Å². The molecule has 1 aromatic carbocycles. The average Bonchev–Trinajstić information content (AvgIpc) is 2.78. The van der Waals surface area contributed by atoms with Gasteiger partial charge < -0.3 is 10.3 Å². The average molecular weight is 229 g/mol. The van der Waals surface area contributed by atoms with Gasteiger partial charge in [0.15, 0.2) is 0 Å². The molecule has 2 rings (SSSR count). The minimum atomic E-state index is 0.568. The Morgan fingerprint density at radius 2 is 1.94 bits per heavy atom. The molecule has 2 N–H and O–H groups in total. The van der Waals surface area contributed by atoms with Crippen molar-refractivity contribution < 1.29 is 0 Å². The van der Waals surface area contributed by atoms with Crippen molar-refractivity contribution in [3.63, 3.8) is 0 Å². The topological polar surface area (TPSA) is 43.8 Å². The zero-order valence-corrected chi connectivity index (χ0v) is 10.4. The lowest BCUT2D eigenvalue weighted by molar-refractivity contribution is 0.708. The van der Waals surface area contributed by atoms with Crippen molar-refractivity contribution in [3.05, 3.63) is 42.4 Å². The van der Waals surface area contributed by atoms with Gasteiger partial charge >= 0.3 is 0 Å². The zero-order valence-electron chi connectivity index (χ0n) is 10.4. The molecule has 0 saturated carbocycles. The van der Waals surface area contributed by atoms with Gasteiger partial charge in [0.05, 0.1) is 12.0 Å². The van der Waals surface area contributed by atoms with Gasteiger partial charge in [-0.05, 0) is 11.5 Å². The molecule has 0 aliphatic rings. The second kappa shape index (κ2) is 5.15. The van der Waals surface area contributed by atoms with Crippen LogP contribution in [-0.2, 0) is 6.54 Å². The summed E-state index contributed by atoms with van der Waals surface area (Å²) in [4.78, 5) is 4.39. The van der Waals surface area contributed by atoms with Gasteiger partial charge in [0, 0.05) is 24.8 Å². The lowest BCUT2D eigenvalue weighted by atomic mass is 10.0. The van der Waals surface area contributed by atoms with Gasteiger partial charge in [0.1, 0.15) is 0 Å². The lowest BCUT2D eigenvalue weighted by Crippen LogP contribution is -2.07. The van der Waals surface area contributed by atoms with Gasteiger partial charge in [0.25, 0.3) is 0 Å². The molecule has 0 atom stereocenters. The summed E-state index contributed by atoms with van der Waals surface area (Å²) >= 11 is 0. The number of rotatable bonds is 4. The third kappa shape index (κ3) is 2.74. The molecule has 1 aromatic heterocycles. The smallest absolute Gasteiger partial charge is 0.0954 e. The molecule has 0 spiro atoms. The van der Waals surface area contributed by atoms with E-state index >= 15 is 0 Å². The predicted octanol–water partition coefficient (Wildman–Crippen LogP) is 2.63. The summed E-state index contributed by atoms with van der Waals surface area (Å²) in [7, 11) is 0. The Labute approximate surface area is 102 Å². The highest BCUT2D eigenvalue weighted by Crippen LogP contribution is 2.21. The summed E-state index contributed by atoms with van der Waals surface area (Å²) in [6.07, 6.45) is 3.87. The number of hydrogen-bond donors (Lipinski definition) is 1. The van der Waals surface area contributed by atoms with Crippen molar-refractivity contribution in [2.45, 2.75) is 26.3 Å². The molecule has 17 heavy (non-hydrogen) atoms. The molecule has 0 aliphatic heterocycles. The Morgan fingerprint density at radius 3 is 2.53 bits per heavy atom. The van der Waals surface area contributed by atoms with Crippen molar-refractivity contribution in [2.75, 3.05) is 6.54 Å². The van der Waals surface area contributed by atoms with Crippen molar-refractivity contribution in [3.8, 4) is 11.3 Å². The largest absolute Gasteiger partial charge is 0.336 e. The Bertz CT molecular complexity index is 468. The van der Waals surface area contributed by atoms with Crippen LogP contribution in [0, 0.1) is 0 Å². The molecule has 3 nitrogen and oxygen atoms in total. The fourth-order valence-electron chi connectivity index (χ4n) is 1.82. The van der Waals surface area contributed by atoms with Gasteiger partial charge in [-0.2, -0.15) is 0 Å². The first kappa shape index (κ1) is 11.9. The molecule has 0 radical (unpaired) electrons. The van der Waals surface area contributed by atoms with E-state index in [0.717, 1.165) is 17.8 Å². The van der Waals surface area contributed by atoms with E-state index in [1.54, 1.807) is 0 Å². The molecule has 0 aliphatic carbocycles. The second-order valence-electron chi connectivity index (χ2n) is 4.56. The summed E-state index contributed by atoms with van der Waals surface area (Å²) < 4.78 is 2.02. The van der Waals surface area contributed by atoms with Crippen molar-refractivity contribution in [2.24, 2.45) is 5.73 Å². The first-order valence-electron chi connectivity index (χ1n) is 6.03. The van der Waals surface area contributed by atoms with Crippen molar-refractivity contribution >= 4 is 0 Å². The predicted molar refractivity (Wildman–Crippen MR) is 70.8 cm³/mol. The highest BCUT2D eigenvalue weighted by atomic mass is 15.0. The van der Waals surface area contributed by atoms with Crippen LogP contribution in [0.4, 0.5) is 0 Å². The van der Waals surface area contributed by atoms with Crippen LogP contribution in [0.3, 0.4) is 0 Å². The summed E-state index contributed by atoms with van der Waals surface area (Å²) in [6.45, 7) is 5.86. The minimum Gasteiger partial charge on any atom is -0.336 e. The van der Waals surface area contributed by atoms with Gasteiger partial charge in [-0.25, -0.2) is 4.98 Å². The van der Waals surface area contributed by atoms with E-state index in [1.807, 2.05) is 17.1 Å². The summed E-state index contributed by atoms with van der Waals surface area (Å²) in [5, 5.41) is 0. The fourth-order valence-corrected chi connectivity index (χ4v) is 1.82. The number of benzene rings is 1. The van der Waals surface area contributed by atoms with Crippen LogP contribution in [0.25, 0.3) is 11.3 Å². The molecule has 3 heteroatoms. The molecule has 0 amide bonds. The molecule has 2 aromatic rings. The molecular weight excluding hydrogens is 210 g/mol. The van der Waals surface area contributed by atoms with E-state index in [9.17, 15) is 0 Å². The Kier molecular flexibility index (Phi) is 3.59. The van der Waals surface area contributed by atoms with Crippen LogP contribution in [0.5, 0.6) is 0 Å². The Hall–Kier alpha value is -1.61. The first-order chi connectivity index (χ1) is 8.20. The third-order valence-electron chi connectivity index (χ3n) is 2.89. The summed E-state index contributed by atoms with van der Waals surface area (Å²) in [6, 6.07) is 8.60. The fraction of sp³-hybridized carbons (Fsp3) is 0.357. The van der Waals surface area contributed by atoms with Crippen molar-refractivity contribution in [1.82, 2.24) is 9.55 Å². The van der Waals surface area contributed by atoms with Crippen LogP contribution >= 0.6 is 0 Å². The number of imidazole rings is 1.